The van der Waals surface area contributed by atoms with Gasteiger partial charge in [0.05, 0.1) is 12.2 Å². The van der Waals surface area contributed by atoms with E-state index in [-0.39, 0.29) is 19.1 Å². The molecule has 2 heterocycles. The fourth-order valence-electron chi connectivity index (χ4n) is 5.69. The van der Waals surface area contributed by atoms with Gasteiger partial charge in [0, 0.05) is 38.6 Å². The molecule has 1 saturated heterocycles. The lowest BCUT2D eigenvalue weighted by atomic mass is 9.87. The van der Waals surface area contributed by atoms with E-state index in [0.717, 1.165) is 56.4 Å². The minimum atomic E-state index is -0.881. The molecule has 5 rings (SSSR count). The van der Waals surface area contributed by atoms with Crippen LogP contribution in [-0.4, -0.2) is 46.9 Å². The van der Waals surface area contributed by atoms with E-state index >= 15 is 0 Å². The third kappa shape index (κ3) is 5.42. The van der Waals surface area contributed by atoms with Crippen molar-refractivity contribution in [2.75, 3.05) is 26.3 Å². The number of allylic oxidation sites excluding steroid dienone is 1. The molecule has 1 aliphatic carbocycles. The molecule has 36 heavy (non-hydrogen) atoms. The van der Waals surface area contributed by atoms with Crippen LogP contribution in [0.2, 0.25) is 0 Å². The summed E-state index contributed by atoms with van der Waals surface area (Å²) in [6, 6.07) is 18.8. The van der Waals surface area contributed by atoms with E-state index in [2.05, 4.69) is 59.1 Å². The Kier molecular flexibility index (Phi) is 8.32. The Hall–Kier alpha value is -2.89. The lowest BCUT2D eigenvalue weighted by Gasteiger charge is -2.39. The monoisotopic (exact) mass is 508 g/mol. The number of benzene rings is 2. The van der Waals surface area contributed by atoms with Crippen LogP contribution in [0.4, 0.5) is 4.39 Å². The number of aryl methyl sites for hydroxylation is 2. The molecule has 6 heteroatoms. The van der Waals surface area contributed by atoms with Crippen molar-refractivity contribution in [1.82, 2.24) is 9.47 Å². The fraction of sp³-hybridized carbons (Fsp3) is 0.367. The normalized spacial score (nSPS) is 16.2. The maximum atomic E-state index is 12.4. The Morgan fingerprint density at radius 1 is 1.08 bits per heavy atom. The predicted molar refractivity (Wildman–Crippen MR) is 146 cm³/mol. The van der Waals surface area contributed by atoms with E-state index in [0.29, 0.717) is 17.9 Å². The molecule has 0 atom stereocenters. The zero-order valence-electron chi connectivity index (χ0n) is 20.8. The number of fused-ring (bicyclic) bond motifs is 1. The zero-order valence-corrected chi connectivity index (χ0v) is 21.6. The number of aromatic carboxylic acids is 1. The number of carboxylic acids is 1. The first-order chi connectivity index (χ1) is 17.0. The van der Waals surface area contributed by atoms with Crippen molar-refractivity contribution in [2.24, 2.45) is 13.0 Å². The van der Waals surface area contributed by atoms with Gasteiger partial charge in [-0.3, -0.25) is 4.39 Å². The van der Waals surface area contributed by atoms with Crippen molar-refractivity contribution in [1.29, 1.82) is 0 Å². The van der Waals surface area contributed by atoms with E-state index in [1.54, 1.807) is 6.07 Å². The summed E-state index contributed by atoms with van der Waals surface area (Å²) in [7, 11) is 2.08. The molecule has 0 saturated carbocycles. The third-order valence-corrected chi connectivity index (χ3v) is 7.46. The first-order valence-electron chi connectivity index (χ1n) is 12.6. The zero-order chi connectivity index (χ0) is 24.4. The molecule has 190 valence electrons. The molecule has 2 aliphatic rings. The molecule has 0 radical (unpaired) electrons. The lowest BCUT2D eigenvalue weighted by Crippen LogP contribution is -2.47. The number of hydrogen-bond donors (Lipinski definition) is 1. The van der Waals surface area contributed by atoms with Gasteiger partial charge in [-0.1, -0.05) is 30.3 Å². The second-order valence-corrected chi connectivity index (χ2v) is 9.96. The first-order valence-corrected chi connectivity index (χ1v) is 12.6. The molecule has 0 amide bonds. The number of nitrogens with zero attached hydrogens (tertiary/aromatic N) is 2. The fourth-order valence-corrected chi connectivity index (χ4v) is 5.69. The summed E-state index contributed by atoms with van der Waals surface area (Å²) in [6.45, 7) is 2.75. The largest absolute Gasteiger partial charge is 0.478 e. The van der Waals surface area contributed by atoms with Gasteiger partial charge >= 0.3 is 5.97 Å². The SMILES string of the molecule is Cl.Cn1cccc1C1=C(c2ccc(CC3CN(CCCF)C3)cc2)c2ccc(C(=O)O)cc2CCC1. The number of carbonyl (C=O) groups is 1. The van der Waals surface area contributed by atoms with Crippen LogP contribution in [0.1, 0.15) is 57.6 Å². The molecule has 0 unspecified atom stereocenters. The number of rotatable bonds is 8. The van der Waals surface area contributed by atoms with Crippen LogP contribution in [0.25, 0.3) is 11.1 Å². The maximum absolute atomic E-state index is 12.4. The van der Waals surface area contributed by atoms with Gasteiger partial charge < -0.3 is 14.6 Å². The van der Waals surface area contributed by atoms with Crippen molar-refractivity contribution in [2.45, 2.75) is 32.1 Å². The van der Waals surface area contributed by atoms with Crippen LogP contribution < -0.4 is 0 Å². The quantitative estimate of drug-likeness (QED) is 0.390. The van der Waals surface area contributed by atoms with Crippen molar-refractivity contribution in [3.63, 3.8) is 0 Å². The standard InChI is InChI=1S/C30H33FN2O2.ClH/c1-32-15-3-7-28(32)27-6-2-5-24-18-25(30(34)35)12-13-26(24)29(27)23-10-8-21(9-11-23)17-22-19-33(20-22)16-4-14-31;/h3,7-13,15,18,22H,2,4-6,14,16-17,19-20H2,1H3,(H,34,35);1H. The third-order valence-electron chi connectivity index (χ3n) is 7.46. The summed E-state index contributed by atoms with van der Waals surface area (Å²) in [5, 5.41) is 9.53. The minimum absolute atomic E-state index is 0. The molecule has 1 aromatic heterocycles. The first kappa shape index (κ1) is 26.2. The predicted octanol–water partition coefficient (Wildman–Crippen LogP) is 6.27. The van der Waals surface area contributed by atoms with Gasteiger partial charge in [-0.05, 0) is 95.7 Å². The van der Waals surface area contributed by atoms with Crippen LogP contribution in [0.3, 0.4) is 0 Å². The molecule has 2 aromatic carbocycles. The summed E-state index contributed by atoms with van der Waals surface area (Å²) in [4.78, 5) is 13.9. The van der Waals surface area contributed by atoms with E-state index < -0.39 is 5.97 Å². The average molecular weight is 509 g/mol. The second kappa shape index (κ2) is 11.4. The average Bonchev–Trinajstić information content (AvgIpc) is 3.17. The molecule has 4 nitrogen and oxygen atoms in total. The highest BCUT2D eigenvalue weighted by Crippen LogP contribution is 2.40. The van der Waals surface area contributed by atoms with Crippen molar-refractivity contribution < 1.29 is 14.3 Å². The van der Waals surface area contributed by atoms with Crippen LogP contribution >= 0.6 is 12.4 Å². The van der Waals surface area contributed by atoms with Gasteiger partial charge in [0.2, 0.25) is 0 Å². The van der Waals surface area contributed by atoms with E-state index in [1.165, 1.54) is 28.0 Å². The second-order valence-electron chi connectivity index (χ2n) is 9.96. The van der Waals surface area contributed by atoms with Gasteiger partial charge in [-0.2, -0.15) is 0 Å². The highest BCUT2D eigenvalue weighted by Gasteiger charge is 2.26. The van der Waals surface area contributed by atoms with Crippen molar-refractivity contribution >= 4 is 29.5 Å². The molecular weight excluding hydrogens is 475 g/mol. The van der Waals surface area contributed by atoms with Crippen molar-refractivity contribution in [3.05, 3.63) is 94.3 Å². The van der Waals surface area contributed by atoms with Gasteiger partial charge in [-0.25, -0.2) is 4.79 Å². The Balaban J connectivity index is 0.00000304. The highest BCUT2D eigenvalue weighted by atomic mass is 35.5. The molecule has 3 aromatic rings. The molecule has 1 N–H and O–H groups in total. The molecule has 1 aliphatic heterocycles. The molecular formula is C30H34ClFN2O2. The Labute approximate surface area is 218 Å². The number of likely N-dealkylation sites (tertiary alicyclic amines) is 1. The number of alkyl halides is 1. The smallest absolute Gasteiger partial charge is 0.335 e. The number of halogens is 2. The van der Waals surface area contributed by atoms with E-state index in [9.17, 15) is 14.3 Å². The summed E-state index contributed by atoms with van der Waals surface area (Å²) < 4.78 is 14.6. The van der Waals surface area contributed by atoms with Gasteiger partial charge in [0.15, 0.2) is 0 Å². The minimum Gasteiger partial charge on any atom is -0.478 e. The Bertz CT molecular complexity index is 1240. The number of carboxylic acid groups (broad SMARTS) is 1. The topological polar surface area (TPSA) is 45.5 Å². The van der Waals surface area contributed by atoms with Crippen LogP contribution in [0.5, 0.6) is 0 Å². The van der Waals surface area contributed by atoms with Crippen LogP contribution in [0.15, 0.2) is 60.8 Å². The highest BCUT2D eigenvalue weighted by molar-refractivity contribution is 6.00. The van der Waals surface area contributed by atoms with E-state index in [1.807, 2.05) is 12.1 Å². The summed E-state index contributed by atoms with van der Waals surface area (Å²) in [5.41, 5.74) is 8.84. The van der Waals surface area contributed by atoms with Crippen molar-refractivity contribution in [3.8, 4) is 0 Å². The van der Waals surface area contributed by atoms with Crippen LogP contribution in [0, 0.1) is 5.92 Å². The Morgan fingerprint density at radius 2 is 1.86 bits per heavy atom. The molecule has 0 spiro atoms. The number of aromatic nitrogens is 1. The molecule has 0 bridgehead atoms. The lowest BCUT2D eigenvalue weighted by molar-refractivity contribution is 0.0696. The van der Waals surface area contributed by atoms with E-state index in [4.69, 9.17) is 0 Å². The maximum Gasteiger partial charge on any atom is 0.335 e. The number of hydrogen-bond acceptors (Lipinski definition) is 2. The van der Waals surface area contributed by atoms with Gasteiger partial charge in [0.25, 0.3) is 0 Å². The Morgan fingerprint density at radius 3 is 2.53 bits per heavy atom. The van der Waals surface area contributed by atoms with Crippen LogP contribution in [-0.2, 0) is 19.9 Å². The molecule has 1 fully saturated rings. The summed E-state index contributed by atoms with van der Waals surface area (Å²) in [5.74, 6) is -0.236. The summed E-state index contributed by atoms with van der Waals surface area (Å²) >= 11 is 0. The van der Waals surface area contributed by atoms with Gasteiger partial charge in [-0.15, -0.1) is 12.4 Å². The van der Waals surface area contributed by atoms with Gasteiger partial charge in [0.1, 0.15) is 0 Å². The summed E-state index contributed by atoms with van der Waals surface area (Å²) in [6.07, 6.45) is 6.57.